The highest BCUT2D eigenvalue weighted by Gasteiger charge is 2.30. The molecule has 5 nitrogen and oxygen atoms in total. The number of hydrogen-bond donors (Lipinski definition) is 1. The summed E-state index contributed by atoms with van der Waals surface area (Å²) in [4.78, 5) is 29.9. The number of nitrogens with one attached hydrogen (secondary N) is 1. The van der Waals surface area contributed by atoms with Crippen LogP contribution in [0.2, 0.25) is 0 Å². The molecule has 1 unspecified atom stereocenters. The maximum Gasteiger partial charge on any atom is 0.226 e. The molecular formula is C18H18FN3O2. The van der Waals surface area contributed by atoms with Crippen LogP contribution in [-0.4, -0.2) is 34.3 Å². The Labute approximate surface area is 139 Å². The van der Waals surface area contributed by atoms with E-state index < -0.39 is 0 Å². The number of hydrogen-bond acceptors (Lipinski definition) is 3. The molecule has 0 radical (unpaired) electrons. The van der Waals surface area contributed by atoms with Crippen LogP contribution in [0.25, 0.3) is 0 Å². The van der Waals surface area contributed by atoms with Crippen LogP contribution in [-0.2, 0) is 22.6 Å². The van der Waals surface area contributed by atoms with E-state index in [2.05, 4.69) is 10.3 Å². The highest BCUT2D eigenvalue weighted by molar-refractivity contribution is 5.83. The Balaban J connectivity index is 1.52. The van der Waals surface area contributed by atoms with Crippen LogP contribution in [0.1, 0.15) is 17.7 Å². The second-order valence-electron chi connectivity index (χ2n) is 5.87. The van der Waals surface area contributed by atoms with E-state index in [1.807, 2.05) is 6.07 Å². The first-order valence-electron chi connectivity index (χ1n) is 7.81. The van der Waals surface area contributed by atoms with Gasteiger partial charge >= 0.3 is 0 Å². The van der Waals surface area contributed by atoms with Crippen LogP contribution < -0.4 is 5.32 Å². The molecule has 3 rings (SSSR count). The van der Waals surface area contributed by atoms with Crippen molar-refractivity contribution in [2.75, 3.05) is 6.54 Å². The number of carbonyl (C=O) groups excluding carboxylic acids is 2. The molecule has 1 fully saturated rings. The summed E-state index contributed by atoms with van der Waals surface area (Å²) in [6.45, 7) is 0.885. The lowest BCUT2D eigenvalue weighted by Crippen LogP contribution is -2.38. The van der Waals surface area contributed by atoms with Crippen molar-refractivity contribution in [3.63, 3.8) is 0 Å². The van der Waals surface area contributed by atoms with Gasteiger partial charge in [-0.15, -0.1) is 0 Å². The van der Waals surface area contributed by atoms with E-state index in [1.165, 1.54) is 12.1 Å². The number of pyridine rings is 1. The largest absolute Gasteiger partial charge is 0.351 e. The minimum absolute atomic E-state index is 0.0116. The predicted octanol–water partition coefficient (Wildman–Crippen LogP) is 1.68. The lowest BCUT2D eigenvalue weighted by Gasteiger charge is -2.17. The first kappa shape index (κ1) is 16.1. The smallest absolute Gasteiger partial charge is 0.226 e. The maximum atomic E-state index is 12.9. The van der Waals surface area contributed by atoms with Crippen LogP contribution in [0, 0.1) is 5.82 Å². The van der Waals surface area contributed by atoms with Gasteiger partial charge in [0, 0.05) is 31.4 Å². The van der Waals surface area contributed by atoms with Crippen molar-refractivity contribution in [3.05, 3.63) is 65.7 Å². The molecule has 2 aromatic rings. The minimum atomic E-state index is -0.300. The first-order valence-corrected chi connectivity index (χ1v) is 7.81. The van der Waals surface area contributed by atoms with E-state index in [1.54, 1.807) is 35.4 Å². The van der Waals surface area contributed by atoms with Crippen molar-refractivity contribution in [1.82, 2.24) is 15.2 Å². The lowest BCUT2D eigenvalue weighted by molar-refractivity contribution is -0.128. The van der Waals surface area contributed by atoms with Gasteiger partial charge in [-0.1, -0.05) is 18.2 Å². The fraction of sp³-hybridized carbons (Fsp3) is 0.278. The van der Waals surface area contributed by atoms with Gasteiger partial charge in [0.2, 0.25) is 11.8 Å². The van der Waals surface area contributed by atoms with Crippen molar-refractivity contribution >= 4 is 11.8 Å². The Morgan fingerprint density at radius 3 is 2.75 bits per heavy atom. The molecule has 2 heterocycles. The third-order valence-corrected chi connectivity index (χ3v) is 3.93. The van der Waals surface area contributed by atoms with E-state index in [0.29, 0.717) is 18.8 Å². The molecular weight excluding hydrogens is 309 g/mol. The fourth-order valence-electron chi connectivity index (χ4n) is 2.78. The highest BCUT2D eigenvalue weighted by Crippen LogP contribution is 2.15. The average molecular weight is 327 g/mol. The molecule has 0 saturated carbocycles. The van der Waals surface area contributed by atoms with E-state index in [-0.39, 0.29) is 36.5 Å². The van der Waals surface area contributed by atoms with Crippen LogP contribution in [0.5, 0.6) is 0 Å². The molecule has 2 amide bonds. The van der Waals surface area contributed by atoms with Crippen molar-refractivity contribution < 1.29 is 14.0 Å². The van der Waals surface area contributed by atoms with Gasteiger partial charge in [0.25, 0.3) is 0 Å². The number of amides is 2. The van der Waals surface area contributed by atoms with Crippen molar-refractivity contribution in [2.24, 2.45) is 0 Å². The third-order valence-electron chi connectivity index (χ3n) is 3.93. The Bertz CT molecular complexity index is 719. The zero-order valence-corrected chi connectivity index (χ0v) is 13.1. The molecule has 1 N–H and O–H groups in total. The predicted molar refractivity (Wildman–Crippen MR) is 86.3 cm³/mol. The SMILES string of the molecule is O=C(Cc1ccccn1)NC1CC(=O)N(Cc2ccc(F)cc2)C1. The van der Waals surface area contributed by atoms with Crippen LogP contribution in [0.15, 0.2) is 48.7 Å². The van der Waals surface area contributed by atoms with Gasteiger partial charge in [0.1, 0.15) is 5.82 Å². The number of nitrogens with zero attached hydrogens (tertiary/aromatic N) is 2. The molecule has 1 aromatic heterocycles. The quantitative estimate of drug-likeness (QED) is 0.909. The number of halogens is 1. The van der Waals surface area contributed by atoms with Crippen LogP contribution >= 0.6 is 0 Å². The number of aromatic nitrogens is 1. The minimum Gasteiger partial charge on any atom is -0.351 e. The summed E-state index contributed by atoms with van der Waals surface area (Å²) in [5, 5.41) is 2.88. The zero-order chi connectivity index (χ0) is 16.9. The van der Waals surface area contributed by atoms with Gasteiger partial charge in [0.05, 0.1) is 12.5 Å². The normalized spacial score (nSPS) is 17.1. The van der Waals surface area contributed by atoms with E-state index in [4.69, 9.17) is 0 Å². The van der Waals surface area contributed by atoms with E-state index in [9.17, 15) is 14.0 Å². The summed E-state index contributed by atoms with van der Waals surface area (Å²) in [7, 11) is 0. The van der Waals surface area contributed by atoms with Gasteiger partial charge in [-0.25, -0.2) is 4.39 Å². The van der Waals surface area contributed by atoms with Crippen LogP contribution in [0.4, 0.5) is 4.39 Å². The Morgan fingerprint density at radius 1 is 1.25 bits per heavy atom. The van der Waals surface area contributed by atoms with Crippen molar-refractivity contribution in [2.45, 2.75) is 25.4 Å². The average Bonchev–Trinajstić information content (AvgIpc) is 2.89. The molecule has 0 bridgehead atoms. The Morgan fingerprint density at radius 2 is 2.04 bits per heavy atom. The second kappa shape index (κ2) is 7.21. The molecule has 6 heteroatoms. The number of rotatable bonds is 5. The lowest BCUT2D eigenvalue weighted by atomic mass is 10.2. The zero-order valence-electron chi connectivity index (χ0n) is 13.1. The molecule has 0 aliphatic carbocycles. The van der Waals surface area contributed by atoms with Gasteiger partial charge in [-0.2, -0.15) is 0 Å². The Kier molecular flexibility index (Phi) is 4.84. The van der Waals surface area contributed by atoms with Crippen LogP contribution in [0.3, 0.4) is 0 Å². The van der Waals surface area contributed by atoms with Gasteiger partial charge in [0.15, 0.2) is 0 Å². The number of likely N-dealkylation sites (tertiary alicyclic amines) is 1. The second-order valence-corrected chi connectivity index (χ2v) is 5.87. The molecule has 124 valence electrons. The fourth-order valence-corrected chi connectivity index (χ4v) is 2.78. The number of benzene rings is 1. The van der Waals surface area contributed by atoms with Gasteiger partial charge < -0.3 is 10.2 Å². The Hall–Kier alpha value is -2.76. The third kappa shape index (κ3) is 4.16. The summed E-state index contributed by atoms with van der Waals surface area (Å²) in [6.07, 6.45) is 2.13. The summed E-state index contributed by atoms with van der Waals surface area (Å²) in [5.41, 5.74) is 1.56. The van der Waals surface area contributed by atoms with Gasteiger partial charge in [-0.3, -0.25) is 14.6 Å². The maximum absolute atomic E-state index is 12.9. The topological polar surface area (TPSA) is 62.3 Å². The summed E-state index contributed by atoms with van der Waals surface area (Å²) >= 11 is 0. The summed E-state index contributed by atoms with van der Waals surface area (Å²) < 4.78 is 12.9. The molecule has 24 heavy (non-hydrogen) atoms. The van der Waals surface area contributed by atoms with E-state index >= 15 is 0 Å². The van der Waals surface area contributed by atoms with E-state index in [0.717, 1.165) is 5.56 Å². The molecule has 1 aliphatic heterocycles. The van der Waals surface area contributed by atoms with Crippen molar-refractivity contribution in [1.29, 1.82) is 0 Å². The monoisotopic (exact) mass is 327 g/mol. The first-order chi connectivity index (χ1) is 11.6. The molecule has 1 aliphatic rings. The molecule has 1 aromatic carbocycles. The summed E-state index contributed by atoms with van der Waals surface area (Å²) in [5.74, 6) is -0.455. The number of carbonyl (C=O) groups is 2. The standard InChI is InChI=1S/C18H18FN3O2/c19-14-6-4-13(5-7-14)11-22-12-16(10-18(22)24)21-17(23)9-15-3-1-2-8-20-15/h1-8,16H,9-12H2,(H,21,23). The molecule has 1 atom stereocenters. The molecule has 0 spiro atoms. The van der Waals surface area contributed by atoms with Gasteiger partial charge in [-0.05, 0) is 29.8 Å². The van der Waals surface area contributed by atoms with Crippen molar-refractivity contribution in [3.8, 4) is 0 Å². The highest BCUT2D eigenvalue weighted by atomic mass is 19.1. The summed E-state index contributed by atoms with van der Waals surface area (Å²) in [6, 6.07) is 11.3. The molecule has 1 saturated heterocycles.